The van der Waals surface area contributed by atoms with Crippen molar-refractivity contribution in [2.75, 3.05) is 39.5 Å². The van der Waals surface area contributed by atoms with Gasteiger partial charge in [-0.3, -0.25) is 18.8 Å². The molecular weight excluding hydrogens is 484 g/mol. The second-order valence-corrected chi connectivity index (χ2v) is 11.9. The summed E-state index contributed by atoms with van der Waals surface area (Å²) in [5.74, 6) is 0.913. The van der Waals surface area contributed by atoms with E-state index in [9.17, 15) is 14.4 Å². The Bertz CT molecular complexity index is 1180. The van der Waals surface area contributed by atoms with Crippen molar-refractivity contribution in [3.63, 3.8) is 0 Å². The van der Waals surface area contributed by atoms with Crippen molar-refractivity contribution in [2.24, 2.45) is 23.2 Å². The number of pyridine rings is 1. The third kappa shape index (κ3) is 4.93. The average molecular weight is 523 g/mol. The second kappa shape index (κ2) is 10.3. The highest BCUT2D eigenvalue weighted by Gasteiger charge is 2.50. The zero-order valence-corrected chi connectivity index (χ0v) is 22.2. The van der Waals surface area contributed by atoms with Crippen molar-refractivity contribution in [2.45, 2.75) is 57.8 Å². The highest BCUT2D eigenvalue weighted by Crippen LogP contribution is 2.59. The van der Waals surface area contributed by atoms with Gasteiger partial charge in [0, 0.05) is 32.3 Å². The number of ether oxygens (including phenoxy) is 2. The van der Waals surface area contributed by atoms with Crippen LogP contribution in [0.2, 0.25) is 0 Å². The van der Waals surface area contributed by atoms with Gasteiger partial charge in [-0.1, -0.05) is 6.07 Å². The number of morpholine rings is 1. The molecule has 9 nitrogen and oxygen atoms in total. The van der Waals surface area contributed by atoms with E-state index in [1.54, 1.807) is 28.5 Å². The molecule has 1 unspecified atom stereocenters. The summed E-state index contributed by atoms with van der Waals surface area (Å²) in [6, 6.07) is 5.40. The van der Waals surface area contributed by atoms with Crippen LogP contribution in [0.25, 0.3) is 5.65 Å². The molecule has 0 aromatic carbocycles. The Kier molecular flexibility index (Phi) is 6.88. The number of aromatic nitrogens is 2. The fourth-order valence-corrected chi connectivity index (χ4v) is 7.92. The Labute approximate surface area is 223 Å². The standard InChI is InChI=1S/C29H38N4O5/c1-2-38-28(36)22(13-26(34)32-6-8-37-9-7-32)23-17-33-24(4-3-5-25(33)31-23)27(35)30-18-29-14-19-10-20(15-29)12-21(11-19)16-29/h3-5,17,19-22H,2,6-16,18H2,1H3,(H,30,35). The smallest absolute Gasteiger partial charge is 0.315 e. The molecule has 1 atom stereocenters. The molecule has 4 saturated carbocycles. The quantitative estimate of drug-likeness (QED) is 0.535. The minimum absolute atomic E-state index is 0.0315. The van der Waals surface area contributed by atoms with Crippen molar-refractivity contribution >= 4 is 23.4 Å². The normalized spacial score (nSPS) is 28.9. The van der Waals surface area contributed by atoms with Gasteiger partial charge < -0.3 is 19.7 Å². The van der Waals surface area contributed by atoms with Crippen molar-refractivity contribution in [3.05, 3.63) is 35.8 Å². The number of nitrogens with zero attached hydrogens (tertiary/aromatic N) is 3. The van der Waals surface area contributed by atoms with E-state index >= 15 is 0 Å². The van der Waals surface area contributed by atoms with Gasteiger partial charge >= 0.3 is 5.97 Å². The maximum Gasteiger partial charge on any atom is 0.315 e. The van der Waals surface area contributed by atoms with Crippen LogP contribution in [-0.4, -0.2) is 71.5 Å². The molecule has 2 amide bonds. The van der Waals surface area contributed by atoms with Crippen LogP contribution in [-0.2, 0) is 19.1 Å². The monoisotopic (exact) mass is 522 g/mol. The van der Waals surface area contributed by atoms with E-state index in [4.69, 9.17) is 9.47 Å². The lowest BCUT2D eigenvalue weighted by Crippen LogP contribution is -2.51. The van der Waals surface area contributed by atoms with Crippen molar-refractivity contribution in [3.8, 4) is 0 Å². The van der Waals surface area contributed by atoms with Crippen molar-refractivity contribution in [1.29, 1.82) is 0 Å². The van der Waals surface area contributed by atoms with Gasteiger partial charge in [0.25, 0.3) is 5.91 Å². The summed E-state index contributed by atoms with van der Waals surface area (Å²) in [5.41, 5.74) is 1.72. The average Bonchev–Trinajstić information content (AvgIpc) is 3.34. The molecule has 204 valence electrons. The van der Waals surface area contributed by atoms with Crippen LogP contribution in [0.5, 0.6) is 0 Å². The van der Waals surface area contributed by atoms with Gasteiger partial charge in [0.1, 0.15) is 17.3 Å². The van der Waals surface area contributed by atoms with Gasteiger partial charge in [0.2, 0.25) is 5.91 Å². The van der Waals surface area contributed by atoms with Crippen LogP contribution < -0.4 is 5.32 Å². The lowest BCUT2D eigenvalue weighted by Gasteiger charge is -2.56. The summed E-state index contributed by atoms with van der Waals surface area (Å²) in [7, 11) is 0. The molecule has 0 spiro atoms. The molecular formula is C29H38N4O5. The molecule has 7 rings (SSSR count). The van der Waals surface area contributed by atoms with Crippen LogP contribution in [0.4, 0.5) is 0 Å². The molecule has 1 aliphatic heterocycles. The summed E-state index contributed by atoms with van der Waals surface area (Å²) in [4.78, 5) is 45.7. The number of esters is 1. The maximum atomic E-state index is 13.4. The van der Waals surface area contributed by atoms with Crippen LogP contribution in [0.15, 0.2) is 24.4 Å². The van der Waals surface area contributed by atoms with Crippen molar-refractivity contribution in [1.82, 2.24) is 19.6 Å². The Morgan fingerprint density at radius 2 is 1.79 bits per heavy atom. The van der Waals surface area contributed by atoms with Gasteiger partial charge in [-0.25, -0.2) is 4.98 Å². The first-order valence-electron chi connectivity index (χ1n) is 14.2. The predicted molar refractivity (Wildman–Crippen MR) is 140 cm³/mol. The van der Waals surface area contributed by atoms with E-state index in [2.05, 4.69) is 10.3 Å². The molecule has 4 bridgehead atoms. The Morgan fingerprint density at radius 1 is 1.11 bits per heavy atom. The zero-order chi connectivity index (χ0) is 26.3. The van der Waals surface area contributed by atoms with Crippen LogP contribution >= 0.6 is 0 Å². The number of carbonyl (C=O) groups excluding carboxylic acids is 3. The van der Waals surface area contributed by atoms with Gasteiger partial charge in [-0.15, -0.1) is 0 Å². The Morgan fingerprint density at radius 3 is 2.45 bits per heavy atom. The maximum absolute atomic E-state index is 13.4. The summed E-state index contributed by atoms with van der Waals surface area (Å²) >= 11 is 0. The molecule has 4 aliphatic carbocycles. The number of hydrogen-bond donors (Lipinski definition) is 1. The Hall–Kier alpha value is -2.94. The summed E-state index contributed by atoms with van der Waals surface area (Å²) in [5, 5.41) is 3.25. The molecule has 2 aromatic rings. The van der Waals surface area contributed by atoms with Gasteiger partial charge in [-0.2, -0.15) is 0 Å². The Balaban J connectivity index is 1.20. The van der Waals surface area contributed by atoms with Gasteiger partial charge in [0.15, 0.2) is 0 Å². The van der Waals surface area contributed by atoms with E-state index in [-0.39, 0.29) is 30.3 Å². The number of rotatable bonds is 8. The van der Waals surface area contributed by atoms with Crippen LogP contribution in [0, 0.1) is 23.2 Å². The molecule has 2 aromatic heterocycles. The first-order chi connectivity index (χ1) is 18.4. The largest absolute Gasteiger partial charge is 0.465 e. The first kappa shape index (κ1) is 25.3. The predicted octanol–water partition coefficient (Wildman–Crippen LogP) is 3.18. The molecule has 5 fully saturated rings. The van der Waals surface area contributed by atoms with Gasteiger partial charge in [0.05, 0.1) is 25.5 Å². The fourth-order valence-electron chi connectivity index (χ4n) is 7.92. The number of hydrogen-bond acceptors (Lipinski definition) is 6. The van der Waals surface area contributed by atoms with E-state index in [0.717, 1.165) is 17.8 Å². The van der Waals surface area contributed by atoms with E-state index < -0.39 is 11.9 Å². The fraction of sp³-hybridized carbons (Fsp3) is 0.655. The lowest BCUT2D eigenvalue weighted by atomic mass is 9.49. The SMILES string of the molecule is CCOC(=O)C(CC(=O)N1CCOCC1)c1cn2c(C(=O)NCC34CC5CC(CC(C5)C3)C4)cccc2n1. The van der Waals surface area contributed by atoms with Crippen LogP contribution in [0.3, 0.4) is 0 Å². The van der Waals surface area contributed by atoms with E-state index in [1.165, 1.54) is 38.5 Å². The third-order valence-electron chi connectivity index (χ3n) is 9.20. The molecule has 3 heterocycles. The molecule has 38 heavy (non-hydrogen) atoms. The van der Waals surface area contributed by atoms with E-state index in [0.29, 0.717) is 49.9 Å². The first-order valence-corrected chi connectivity index (χ1v) is 14.2. The molecule has 5 aliphatic rings. The second-order valence-electron chi connectivity index (χ2n) is 11.9. The summed E-state index contributed by atoms with van der Waals surface area (Å²) < 4.78 is 12.4. The third-order valence-corrected chi connectivity index (χ3v) is 9.20. The van der Waals surface area contributed by atoms with E-state index in [1.807, 2.05) is 12.1 Å². The molecule has 1 saturated heterocycles. The topological polar surface area (TPSA) is 102 Å². The number of fused-ring (bicyclic) bond motifs is 1. The minimum Gasteiger partial charge on any atom is -0.465 e. The number of nitrogens with one attached hydrogen (secondary N) is 1. The van der Waals surface area contributed by atoms with Crippen LogP contribution in [0.1, 0.15) is 74.0 Å². The molecule has 9 heteroatoms. The number of carbonyl (C=O) groups is 3. The minimum atomic E-state index is -0.840. The zero-order valence-electron chi connectivity index (χ0n) is 22.2. The van der Waals surface area contributed by atoms with Gasteiger partial charge in [-0.05, 0) is 80.8 Å². The highest BCUT2D eigenvalue weighted by atomic mass is 16.5. The number of imidazole rings is 1. The number of amides is 2. The van der Waals surface area contributed by atoms with Crippen molar-refractivity contribution < 1.29 is 23.9 Å². The molecule has 0 radical (unpaired) electrons. The molecule has 1 N–H and O–H groups in total. The highest BCUT2D eigenvalue weighted by molar-refractivity contribution is 5.93. The lowest BCUT2D eigenvalue weighted by molar-refractivity contribution is -0.148. The summed E-state index contributed by atoms with van der Waals surface area (Å²) in [6.07, 6.45) is 9.50. The summed E-state index contributed by atoms with van der Waals surface area (Å²) in [6.45, 7) is 4.67.